The summed E-state index contributed by atoms with van der Waals surface area (Å²) in [6, 6.07) is 5.84. The van der Waals surface area contributed by atoms with Gasteiger partial charge >= 0.3 is 0 Å². The Morgan fingerprint density at radius 2 is 2.29 bits per heavy atom. The summed E-state index contributed by atoms with van der Waals surface area (Å²) in [5.74, 6) is 0. The number of aromatic nitrogens is 4. The van der Waals surface area contributed by atoms with Crippen LogP contribution in [0, 0.1) is 0 Å². The van der Waals surface area contributed by atoms with E-state index in [1.165, 1.54) is 0 Å². The summed E-state index contributed by atoms with van der Waals surface area (Å²) in [6.07, 6.45) is 3.42. The molecule has 3 aromatic rings. The first-order chi connectivity index (χ1) is 6.86. The van der Waals surface area contributed by atoms with Crippen LogP contribution in [-0.2, 0) is 0 Å². The fraction of sp³-hybridized carbons (Fsp3) is 0. The maximum absolute atomic E-state index is 4.30. The highest BCUT2D eigenvalue weighted by Gasteiger charge is 2.05. The Balaban J connectivity index is 2.67. The molecule has 4 nitrogen and oxygen atoms in total. The predicted molar refractivity (Wildman–Crippen MR) is 56.0 cm³/mol. The summed E-state index contributed by atoms with van der Waals surface area (Å²) in [7, 11) is 0. The third kappa shape index (κ3) is 0.957. The van der Waals surface area contributed by atoms with Gasteiger partial charge in [-0.1, -0.05) is 0 Å². The van der Waals surface area contributed by atoms with E-state index in [2.05, 4.69) is 31.1 Å². The Kier molecular flexibility index (Phi) is 1.55. The standard InChI is InChI=1S/C9H5BrN4/c10-7-4-8-13-12-5-14(8)9-6(7)2-1-3-11-9/h1-5H. The molecule has 3 heterocycles. The van der Waals surface area contributed by atoms with Crippen molar-refractivity contribution in [2.45, 2.75) is 0 Å². The van der Waals surface area contributed by atoms with E-state index in [1.54, 1.807) is 12.5 Å². The van der Waals surface area contributed by atoms with Crippen LogP contribution in [0.2, 0.25) is 0 Å². The van der Waals surface area contributed by atoms with Gasteiger partial charge in [-0.25, -0.2) is 4.98 Å². The van der Waals surface area contributed by atoms with E-state index in [9.17, 15) is 0 Å². The zero-order valence-electron chi connectivity index (χ0n) is 7.05. The number of nitrogens with zero attached hydrogens (tertiary/aromatic N) is 4. The fourth-order valence-electron chi connectivity index (χ4n) is 1.47. The van der Waals surface area contributed by atoms with Crippen molar-refractivity contribution >= 4 is 32.6 Å². The quantitative estimate of drug-likeness (QED) is 0.612. The zero-order chi connectivity index (χ0) is 9.54. The minimum Gasteiger partial charge on any atom is -0.265 e. The van der Waals surface area contributed by atoms with Gasteiger partial charge in [-0.05, 0) is 34.1 Å². The number of halogens is 1. The lowest BCUT2D eigenvalue weighted by molar-refractivity contribution is 1.10. The number of fused-ring (bicyclic) bond motifs is 3. The molecule has 68 valence electrons. The molecule has 3 rings (SSSR count). The Hall–Kier alpha value is -1.49. The zero-order valence-corrected chi connectivity index (χ0v) is 8.64. The van der Waals surface area contributed by atoms with Gasteiger partial charge < -0.3 is 0 Å². The second-order valence-corrected chi connectivity index (χ2v) is 3.78. The van der Waals surface area contributed by atoms with Gasteiger partial charge in [0.15, 0.2) is 5.65 Å². The normalized spacial score (nSPS) is 11.2. The van der Waals surface area contributed by atoms with Gasteiger partial charge in [-0.15, -0.1) is 10.2 Å². The van der Waals surface area contributed by atoms with E-state index in [0.717, 1.165) is 21.2 Å². The highest BCUT2D eigenvalue weighted by molar-refractivity contribution is 9.10. The molecule has 0 saturated heterocycles. The Labute approximate surface area is 87.7 Å². The number of hydrogen-bond donors (Lipinski definition) is 0. The van der Waals surface area contributed by atoms with Gasteiger partial charge in [0.05, 0.1) is 0 Å². The second kappa shape index (κ2) is 2.75. The lowest BCUT2D eigenvalue weighted by Crippen LogP contribution is -1.90. The van der Waals surface area contributed by atoms with E-state index >= 15 is 0 Å². The molecule has 0 N–H and O–H groups in total. The van der Waals surface area contributed by atoms with Gasteiger partial charge in [0.25, 0.3) is 0 Å². The van der Waals surface area contributed by atoms with Crippen molar-refractivity contribution in [2.24, 2.45) is 0 Å². The van der Waals surface area contributed by atoms with Crippen LogP contribution >= 0.6 is 15.9 Å². The van der Waals surface area contributed by atoms with Gasteiger partial charge in [-0.3, -0.25) is 4.40 Å². The highest BCUT2D eigenvalue weighted by atomic mass is 79.9. The summed E-state index contributed by atoms with van der Waals surface area (Å²) < 4.78 is 2.85. The molecule has 0 unspecified atom stereocenters. The summed E-state index contributed by atoms with van der Waals surface area (Å²) in [4.78, 5) is 4.30. The average molecular weight is 249 g/mol. The maximum atomic E-state index is 4.30. The van der Waals surface area contributed by atoms with Crippen molar-refractivity contribution in [1.29, 1.82) is 0 Å². The van der Waals surface area contributed by atoms with Crippen LogP contribution in [-0.4, -0.2) is 19.6 Å². The maximum Gasteiger partial charge on any atom is 0.163 e. The lowest BCUT2D eigenvalue weighted by atomic mass is 10.3. The molecule has 0 fully saturated rings. The molecule has 0 spiro atoms. The lowest BCUT2D eigenvalue weighted by Gasteiger charge is -2.01. The molecule has 0 aromatic carbocycles. The summed E-state index contributed by atoms with van der Waals surface area (Å²) >= 11 is 3.48. The van der Waals surface area contributed by atoms with Crippen molar-refractivity contribution in [1.82, 2.24) is 19.6 Å². The first kappa shape index (κ1) is 7.87. The molecule has 0 atom stereocenters. The Bertz CT molecular complexity index is 616. The monoisotopic (exact) mass is 248 g/mol. The Morgan fingerprint density at radius 1 is 1.36 bits per heavy atom. The third-order valence-corrected chi connectivity index (χ3v) is 2.76. The minimum atomic E-state index is 0.795. The third-order valence-electron chi connectivity index (χ3n) is 2.10. The molecule has 14 heavy (non-hydrogen) atoms. The first-order valence-electron chi connectivity index (χ1n) is 4.09. The van der Waals surface area contributed by atoms with Gasteiger partial charge in [0, 0.05) is 16.1 Å². The van der Waals surface area contributed by atoms with Crippen molar-refractivity contribution in [3.63, 3.8) is 0 Å². The Morgan fingerprint density at radius 3 is 3.21 bits per heavy atom. The molecule has 0 saturated carbocycles. The average Bonchev–Trinajstić information content (AvgIpc) is 2.66. The molecular formula is C9H5BrN4. The fourth-order valence-corrected chi connectivity index (χ4v) is 1.99. The topological polar surface area (TPSA) is 43.1 Å². The van der Waals surface area contributed by atoms with Gasteiger partial charge in [0.2, 0.25) is 0 Å². The van der Waals surface area contributed by atoms with Crippen molar-refractivity contribution in [2.75, 3.05) is 0 Å². The van der Waals surface area contributed by atoms with Crippen molar-refractivity contribution in [3.05, 3.63) is 35.2 Å². The van der Waals surface area contributed by atoms with Crippen LogP contribution in [0.4, 0.5) is 0 Å². The summed E-state index contributed by atoms with van der Waals surface area (Å²) in [5, 5.41) is 8.87. The first-order valence-corrected chi connectivity index (χ1v) is 4.88. The van der Waals surface area contributed by atoms with E-state index in [1.807, 2.05) is 22.6 Å². The SMILES string of the molecule is Brc1cc2nncn2c2ncccc12. The molecule has 0 amide bonds. The van der Waals surface area contributed by atoms with Gasteiger partial charge in [0.1, 0.15) is 12.0 Å². The molecule has 5 heteroatoms. The van der Waals surface area contributed by atoms with Crippen LogP contribution in [0.1, 0.15) is 0 Å². The molecule has 0 aliphatic rings. The molecule has 0 bridgehead atoms. The van der Waals surface area contributed by atoms with Crippen LogP contribution in [0.25, 0.3) is 16.7 Å². The van der Waals surface area contributed by atoms with E-state index in [0.29, 0.717) is 0 Å². The highest BCUT2D eigenvalue weighted by Crippen LogP contribution is 2.23. The molecule has 0 radical (unpaired) electrons. The second-order valence-electron chi connectivity index (χ2n) is 2.93. The molecule has 0 aliphatic heterocycles. The molecule has 0 aliphatic carbocycles. The van der Waals surface area contributed by atoms with E-state index < -0.39 is 0 Å². The van der Waals surface area contributed by atoms with Crippen molar-refractivity contribution < 1.29 is 0 Å². The molecule has 3 aromatic heterocycles. The van der Waals surface area contributed by atoms with Crippen molar-refractivity contribution in [3.8, 4) is 0 Å². The van der Waals surface area contributed by atoms with Crippen LogP contribution in [0.15, 0.2) is 35.2 Å². The molecular weight excluding hydrogens is 244 g/mol. The van der Waals surface area contributed by atoms with Crippen LogP contribution in [0.5, 0.6) is 0 Å². The minimum absolute atomic E-state index is 0.795. The van der Waals surface area contributed by atoms with Crippen LogP contribution < -0.4 is 0 Å². The largest absolute Gasteiger partial charge is 0.265 e. The summed E-state index contributed by atoms with van der Waals surface area (Å²) in [5.41, 5.74) is 1.66. The number of pyridine rings is 2. The summed E-state index contributed by atoms with van der Waals surface area (Å²) in [6.45, 7) is 0. The van der Waals surface area contributed by atoms with E-state index in [-0.39, 0.29) is 0 Å². The van der Waals surface area contributed by atoms with Gasteiger partial charge in [-0.2, -0.15) is 0 Å². The number of hydrogen-bond acceptors (Lipinski definition) is 3. The number of rotatable bonds is 0. The predicted octanol–water partition coefficient (Wildman–Crippen LogP) is 2.04. The van der Waals surface area contributed by atoms with Crippen LogP contribution in [0.3, 0.4) is 0 Å². The smallest absolute Gasteiger partial charge is 0.163 e. The van der Waals surface area contributed by atoms with E-state index in [4.69, 9.17) is 0 Å².